The molecule has 125 valence electrons. The number of esters is 2. The summed E-state index contributed by atoms with van der Waals surface area (Å²) in [5.41, 5.74) is 0.154. The van der Waals surface area contributed by atoms with Gasteiger partial charge in [0.15, 0.2) is 0 Å². The lowest BCUT2D eigenvalue weighted by Gasteiger charge is -2.11. The first kappa shape index (κ1) is 17.5. The van der Waals surface area contributed by atoms with E-state index in [1.807, 2.05) is 0 Å². The van der Waals surface area contributed by atoms with Crippen LogP contribution in [0.4, 0.5) is 5.69 Å². The van der Waals surface area contributed by atoms with E-state index in [9.17, 15) is 18.0 Å². The molecule has 0 unspecified atom stereocenters. The number of benzene rings is 2. The molecule has 1 N–H and O–H groups in total. The lowest BCUT2D eigenvalue weighted by atomic mass is 10.1. The van der Waals surface area contributed by atoms with Crippen LogP contribution in [0.3, 0.4) is 0 Å². The van der Waals surface area contributed by atoms with E-state index in [-0.39, 0.29) is 16.0 Å². The lowest BCUT2D eigenvalue weighted by Crippen LogP contribution is -2.16. The normalized spacial score (nSPS) is 10.8. The van der Waals surface area contributed by atoms with Crippen LogP contribution in [0, 0.1) is 6.07 Å². The summed E-state index contributed by atoms with van der Waals surface area (Å²) in [5, 5.41) is 0. The van der Waals surface area contributed by atoms with Gasteiger partial charge in [0.25, 0.3) is 10.0 Å². The van der Waals surface area contributed by atoms with Crippen LogP contribution in [0.15, 0.2) is 47.4 Å². The van der Waals surface area contributed by atoms with Crippen molar-refractivity contribution in [2.24, 2.45) is 0 Å². The Balaban J connectivity index is 2.51. The molecular weight excluding hydrogens is 334 g/mol. The van der Waals surface area contributed by atoms with Crippen LogP contribution in [0.1, 0.15) is 20.7 Å². The second-order valence-electron chi connectivity index (χ2n) is 4.62. The Bertz CT molecular complexity index is 827. The highest BCUT2D eigenvalue weighted by Gasteiger charge is 2.21. The molecule has 0 saturated heterocycles. The number of carbonyl (C=O) groups excluding carboxylic acids is 2. The molecule has 0 aliphatic heterocycles. The van der Waals surface area contributed by atoms with Crippen molar-refractivity contribution in [2.75, 3.05) is 18.9 Å². The molecule has 0 amide bonds. The van der Waals surface area contributed by atoms with E-state index in [0.717, 1.165) is 26.4 Å². The van der Waals surface area contributed by atoms with Gasteiger partial charge >= 0.3 is 11.9 Å². The zero-order chi connectivity index (χ0) is 17.7. The van der Waals surface area contributed by atoms with Gasteiger partial charge in [0.05, 0.1) is 30.2 Å². The molecule has 0 spiro atoms. The quantitative estimate of drug-likeness (QED) is 0.828. The van der Waals surface area contributed by atoms with E-state index in [1.54, 1.807) is 12.1 Å². The maximum Gasteiger partial charge on any atom is 0.337 e. The molecule has 0 fully saturated rings. The fourth-order valence-electron chi connectivity index (χ4n) is 1.89. The van der Waals surface area contributed by atoms with Gasteiger partial charge in [0, 0.05) is 5.69 Å². The maximum atomic E-state index is 12.5. The van der Waals surface area contributed by atoms with E-state index in [0.29, 0.717) is 5.69 Å². The second kappa shape index (κ2) is 7.14. The zero-order valence-corrected chi connectivity index (χ0v) is 13.7. The average Bonchev–Trinajstić information content (AvgIpc) is 2.60. The molecule has 2 aromatic carbocycles. The number of carbonyl (C=O) groups is 2. The van der Waals surface area contributed by atoms with E-state index in [2.05, 4.69) is 20.3 Å². The van der Waals surface area contributed by atoms with Crippen molar-refractivity contribution in [3.8, 4) is 0 Å². The van der Waals surface area contributed by atoms with Crippen molar-refractivity contribution < 1.29 is 27.5 Å². The molecule has 8 heteroatoms. The zero-order valence-electron chi connectivity index (χ0n) is 12.9. The number of hydrogen-bond acceptors (Lipinski definition) is 6. The molecule has 0 saturated carbocycles. The minimum absolute atomic E-state index is 0.0813. The highest BCUT2D eigenvalue weighted by Crippen LogP contribution is 2.20. The molecule has 7 nitrogen and oxygen atoms in total. The molecule has 0 aliphatic rings. The van der Waals surface area contributed by atoms with Crippen molar-refractivity contribution in [1.29, 1.82) is 0 Å². The summed E-state index contributed by atoms with van der Waals surface area (Å²) < 4.78 is 36.5. The van der Waals surface area contributed by atoms with Crippen LogP contribution in [-0.2, 0) is 19.5 Å². The predicted octanol–water partition coefficient (Wildman–Crippen LogP) is 1.86. The molecule has 0 atom stereocenters. The minimum Gasteiger partial charge on any atom is -0.465 e. The van der Waals surface area contributed by atoms with Crippen molar-refractivity contribution in [1.82, 2.24) is 0 Å². The number of anilines is 1. The lowest BCUT2D eigenvalue weighted by molar-refractivity contribution is 0.0598. The number of nitrogens with one attached hydrogen (secondary N) is 1. The monoisotopic (exact) mass is 348 g/mol. The number of rotatable bonds is 5. The Morgan fingerprint density at radius 1 is 0.958 bits per heavy atom. The van der Waals surface area contributed by atoms with Gasteiger partial charge in [-0.15, -0.1) is 0 Å². The predicted molar refractivity (Wildman–Crippen MR) is 85.2 cm³/mol. The Morgan fingerprint density at radius 3 is 1.92 bits per heavy atom. The summed E-state index contributed by atoms with van der Waals surface area (Å²) in [7, 11) is -1.72. The van der Waals surface area contributed by atoms with Gasteiger partial charge < -0.3 is 9.47 Å². The number of hydrogen-bond donors (Lipinski definition) is 1. The van der Waals surface area contributed by atoms with Crippen LogP contribution in [0.2, 0.25) is 0 Å². The van der Waals surface area contributed by atoms with Crippen LogP contribution in [-0.4, -0.2) is 34.6 Å². The number of sulfonamides is 1. The van der Waals surface area contributed by atoms with E-state index in [4.69, 9.17) is 0 Å². The number of methoxy groups -OCH3 is 2. The largest absolute Gasteiger partial charge is 0.465 e. The van der Waals surface area contributed by atoms with Crippen molar-refractivity contribution >= 4 is 27.6 Å². The molecular formula is C16H14NO6S. The average molecular weight is 348 g/mol. The Hall–Kier alpha value is -2.87. The highest BCUT2D eigenvalue weighted by molar-refractivity contribution is 7.92. The smallest absolute Gasteiger partial charge is 0.337 e. The van der Waals surface area contributed by atoms with Gasteiger partial charge in [-0.2, -0.15) is 0 Å². The molecule has 0 bridgehead atoms. The van der Waals surface area contributed by atoms with Crippen LogP contribution in [0.25, 0.3) is 0 Å². The first-order chi connectivity index (χ1) is 11.4. The fourth-order valence-corrected chi connectivity index (χ4v) is 3.02. The first-order valence-electron chi connectivity index (χ1n) is 6.68. The molecule has 0 heterocycles. The van der Waals surface area contributed by atoms with Crippen molar-refractivity contribution in [2.45, 2.75) is 4.90 Å². The maximum absolute atomic E-state index is 12.5. The third-order valence-corrected chi connectivity index (χ3v) is 4.39. The number of ether oxygens (including phenoxy) is 2. The van der Waals surface area contributed by atoms with Crippen LogP contribution >= 0.6 is 0 Å². The van der Waals surface area contributed by atoms with E-state index in [1.165, 1.54) is 18.2 Å². The highest BCUT2D eigenvalue weighted by atomic mass is 32.2. The standard InChI is InChI=1S/C16H14NO6S/c1-22-15(18)11-8-12(16(19)23-2)10-14(9-11)24(20,21)17-13-6-4-3-5-7-13/h4-10,17H,1-2H3. The van der Waals surface area contributed by atoms with Crippen molar-refractivity contribution in [3.05, 3.63) is 59.7 Å². The van der Waals surface area contributed by atoms with Gasteiger partial charge in [-0.05, 0) is 36.4 Å². The summed E-state index contributed by atoms with van der Waals surface area (Å²) in [6, 6.07) is 12.3. The van der Waals surface area contributed by atoms with Gasteiger partial charge in [-0.1, -0.05) is 12.1 Å². The topological polar surface area (TPSA) is 98.8 Å². The van der Waals surface area contributed by atoms with Crippen molar-refractivity contribution in [3.63, 3.8) is 0 Å². The van der Waals surface area contributed by atoms with Crippen LogP contribution in [0.5, 0.6) is 0 Å². The first-order valence-corrected chi connectivity index (χ1v) is 8.16. The molecule has 2 aromatic rings. The molecule has 24 heavy (non-hydrogen) atoms. The SMILES string of the molecule is COC(=O)c1cc(C(=O)OC)cc(S(=O)(=O)Nc2cc[c]cc2)c1. The van der Waals surface area contributed by atoms with Gasteiger partial charge in [0.2, 0.25) is 0 Å². The van der Waals surface area contributed by atoms with E-state index < -0.39 is 22.0 Å². The molecule has 0 aromatic heterocycles. The van der Waals surface area contributed by atoms with Crippen LogP contribution < -0.4 is 4.72 Å². The van der Waals surface area contributed by atoms with Gasteiger partial charge in [-0.3, -0.25) is 4.72 Å². The fraction of sp³-hybridized carbons (Fsp3) is 0.125. The Kier molecular flexibility index (Phi) is 5.20. The minimum atomic E-state index is -4.02. The third-order valence-electron chi connectivity index (χ3n) is 3.03. The van der Waals surface area contributed by atoms with E-state index >= 15 is 0 Å². The molecule has 0 aliphatic carbocycles. The Labute approximate surface area is 139 Å². The summed E-state index contributed by atoms with van der Waals surface area (Å²) >= 11 is 0. The van der Waals surface area contributed by atoms with Gasteiger partial charge in [-0.25, -0.2) is 18.0 Å². The second-order valence-corrected chi connectivity index (χ2v) is 6.31. The summed E-state index contributed by atoms with van der Waals surface area (Å²) in [4.78, 5) is 23.2. The third kappa shape index (κ3) is 3.90. The van der Waals surface area contributed by atoms with Gasteiger partial charge in [0.1, 0.15) is 0 Å². The summed E-state index contributed by atoms with van der Waals surface area (Å²) in [5.74, 6) is -1.54. The summed E-state index contributed by atoms with van der Waals surface area (Å²) in [6.07, 6.45) is 0. The Morgan fingerprint density at radius 2 is 1.46 bits per heavy atom. The molecule has 1 radical (unpaired) electrons. The summed E-state index contributed by atoms with van der Waals surface area (Å²) in [6.45, 7) is 0. The molecule has 2 rings (SSSR count).